The molecule has 1 amide bonds. The lowest BCUT2D eigenvalue weighted by Gasteiger charge is -2.31. The Kier molecular flexibility index (Phi) is 3.01. The van der Waals surface area contributed by atoms with Gasteiger partial charge in [0.1, 0.15) is 0 Å². The van der Waals surface area contributed by atoms with Crippen molar-refractivity contribution >= 4 is 5.91 Å². The number of amides is 1. The number of aromatic nitrogens is 1. The molecule has 0 radical (unpaired) electrons. The van der Waals surface area contributed by atoms with E-state index in [-0.39, 0.29) is 5.91 Å². The van der Waals surface area contributed by atoms with Gasteiger partial charge in [-0.15, -0.1) is 0 Å². The summed E-state index contributed by atoms with van der Waals surface area (Å²) in [4.78, 5) is 13.4. The van der Waals surface area contributed by atoms with Crippen molar-refractivity contribution < 1.29 is 9.32 Å². The molecule has 82 valence electrons. The minimum Gasteiger partial charge on any atom is -0.360 e. The van der Waals surface area contributed by atoms with Crippen LogP contribution in [0.1, 0.15) is 18.6 Å². The van der Waals surface area contributed by atoms with Crippen LogP contribution in [0, 0.1) is 5.92 Å². The molecule has 1 unspecified atom stereocenters. The van der Waals surface area contributed by atoms with Crippen LogP contribution in [0.3, 0.4) is 0 Å². The molecule has 1 aliphatic rings. The highest BCUT2D eigenvalue weighted by Crippen LogP contribution is 2.18. The number of carbonyl (C=O) groups is 1. The zero-order valence-electron chi connectivity index (χ0n) is 8.56. The molecular formula is C10H15N3O2. The number of hydrogen-bond donors (Lipinski definition) is 1. The third-order valence-corrected chi connectivity index (χ3v) is 2.77. The van der Waals surface area contributed by atoms with Crippen LogP contribution in [0.15, 0.2) is 16.8 Å². The summed E-state index contributed by atoms with van der Waals surface area (Å²) in [5.41, 5.74) is 5.61. The maximum absolute atomic E-state index is 11.6. The smallest absolute Gasteiger partial charge is 0.222 e. The van der Waals surface area contributed by atoms with Crippen molar-refractivity contribution in [2.75, 3.05) is 13.1 Å². The molecular weight excluding hydrogens is 194 g/mol. The van der Waals surface area contributed by atoms with Crippen molar-refractivity contribution in [3.63, 3.8) is 0 Å². The highest BCUT2D eigenvalue weighted by molar-refractivity contribution is 5.76. The SMILES string of the molecule is NCC1CCC(=O)N(Cc2ccno2)C1. The molecule has 1 fully saturated rings. The number of rotatable bonds is 3. The molecule has 1 aromatic heterocycles. The second-order valence-electron chi connectivity index (χ2n) is 3.89. The fourth-order valence-electron chi connectivity index (χ4n) is 1.85. The summed E-state index contributed by atoms with van der Waals surface area (Å²) in [5, 5.41) is 3.61. The third kappa shape index (κ3) is 2.36. The van der Waals surface area contributed by atoms with Crippen molar-refractivity contribution in [2.24, 2.45) is 11.7 Å². The fourth-order valence-corrected chi connectivity index (χ4v) is 1.85. The van der Waals surface area contributed by atoms with Gasteiger partial charge in [-0.05, 0) is 18.9 Å². The minimum absolute atomic E-state index is 0.177. The number of likely N-dealkylation sites (tertiary alicyclic amines) is 1. The molecule has 0 spiro atoms. The summed E-state index contributed by atoms with van der Waals surface area (Å²) in [6.45, 7) is 1.88. The number of carbonyl (C=O) groups excluding carboxylic acids is 1. The van der Waals surface area contributed by atoms with Crippen LogP contribution >= 0.6 is 0 Å². The summed E-state index contributed by atoms with van der Waals surface area (Å²) >= 11 is 0. The van der Waals surface area contributed by atoms with Crippen molar-refractivity contribution in [1.82, 2.24) is 10.1 Å². The lowest BCUT2D eigenvalue weighted by atomic mass is 9.98. The lowest BCUT2D eigenvalue weighted by molar-refractivity contribution is -0.135. The van der Waals surface area contributed by atoms with Gasteiger partial charge in [-0.2, -0.15) is 0 Å². The number of nitrogens with zero attached hydrogens (tertiary/aromatic N) is 2. The van der Waals surface area contributed by atoms with Crippen LogP contribution in [0.25, 0.3) is 0 Å². The average Bonchev–Trinajstić information content (AvgIpc) is 2.74. The average molecular weight is 209 g/mol. The van der Waals surface area contributed by atoms with Gasteiger partial charge in [-0.1, -0.05) is 5.16 Å². The van der Waals surface area contributed by atoms with Gasteiger partial charge in [-0.25, -0.2) is 0 Å². The maximum Gasteiger partial charge on any atom is 0.222 e. The molecule has 5 heteroatoms. The summed E-state index contributed by atoms with van der Waals surface area (Å²) in [7, 11) is 0. The molecule has 1 saturated heterocycles. The largest absolute Gasteiger partial charge is 0.360 e. The van der Waals surface area contributed by atoms with Crippen molar-refractivity contribution in [3.05, 3.63) is 18.0 Å². The van der Waals surface area contributed by atoms with E-state index in [4.69, 9.17) is 10.3 Å². The molecule has 0 aromatic carbocycles. The third-order valence-electron chi connectivity index (χ3n) is 2.77. The molecule has 5 nitrogen and oxygen atoms in total. The standard InChI is InChI=1S/C10H15N3O2/c11-5-8-1-2-10(14)13(6-8)7-9-3-4-12-15-9/h3-4,8H,1-2,5-7,11H2. The molecule has 2 rings (SSSR count). The fraction of sp³-hybridized carbons (Fsp3) is 0.600. The van der Waals surface area contributed by atoms with Gasteiger partial charge < -0.3 is 15.2 Å². The van der Waals surface area contributed by atoms with Crippen LogP contribution in [0.5, 0.6) is 0 Å². The first-order valence-corrected chi connectivity index (χ1v) is 5.17. The van der Waals surface area contributed by atoms with Crippen molar-refractivity contribution in [2.45, 2.75) is 19.4 Å². The number of nitrogens with two attached hydrogens (primary N) is 1. The van der Waals surface area contributed by atoms with E-state index in [9.17, 15) is 4.79 Å². The molecule has 15 heavy (non-hydrogen) atoms. The second kappa shape index (κ2) is 4.44. The molecule has 1 atom stereocenters. The Morgan fingerprint density at radius 2 is 2.53 bits per heavy atom. The Bertz CT molecular complexity index is 323. The first-order chi connectivity index (χ1) is 7.29. The summed E-state index contributed by atoms with van der Waals surface area (Å²) in [6.07, 6.45) is 3.09. The van der Waals surface area contributed by atoms with E-state index in [0.29, 0.717) is 25.4 Å². The topological polar surface area (TPSA) is 72.4 Å². The predicted molar refractivity (Wildman–Crippen MR) is 53.7 cm³/mol. The van der Waals surface area contributed by atoms with Crippen LogP contribution in [0.2, 0.25) is 0 Å². The van der Waals surface area contributed by atoms with Gasteiger partial charge in [0, 0.05) is 19.0 Å². The summed E-state index contributed by atoms with van der Waals surface area (Å²) in [5.74, 6) is 1.32. The van der Waals surface area contributed by atoms with Crippen LogP contribution in [-0.4, -0.2) is 29.1 Å². The van der Waals surface area contributed by atoms with Gasteiger partial charge >= 0.3 is 0 Å². The van der Waals surface area contributed by atoms with Gasteiger partial charge in [0.25, 0.3) is 0 Å². The van der Waals surface area contributed by atoms with E-state index < -0.39 is 0 Å². The Morgan fingerprint density at radius 3 is 3.20 bits per heavy atom. The van der Waals surface area contributed by atoms with Crippen LogP contribution < -0.4 is 5.73 Å². The quantitative estimate of drug-likeness (QED) is 0.780. The molecule has 1 aromatic rings. The summed E-state index contributed by atoms with van der Waals surface area (Å²) < 4.78 is 4.98. The molecule has 0 saturated carbocycles. The van der Waals surface area contributed by atoms with E-state index in [0.717, 1.165) is 18.7 Å². The molecule has 2 heterocycles. The normalized spacial score (nSPS) is 22.1. The Balaban J connectivity index is 1.97. The highest BCUT2D eigenvalue weighted by Gasteiger charge is 2.25. The zero-order chi connectivity index (χ0) is 10.7. The first-order valence-electron chi connectivity index (χ1n) is 5.17. The number of piperidine rings is 1. The van der Waals surface area contributed by atoms with E-state index in [1.165, 1.54) is 0 Å². The summed E-state index contributed by atoms with van der Waals surface area (Å²) in [6, 6.07) is 1.78. The van der Waals surface area contributed by atoms with E-state index in [1.54, 1.807) is 17.2 Å². The first kappa shape index (κ1) is 10.2. The Hall–Kier alpha value is -1.36. The minimum atomic E-state index is 0.177. The Morgan fingerprint density at radius 1 is 1.67 bits per heavy atom. The monoisotopic (exact) mass is 209 g/mol. The van der Waals surface area contributed by atoms with Crippen LogP contribution in [-0.2, 0) is 11.3 Å². The Labute approximate surface area is 88.2 Å². The van der Waals surface area contributed by atoms with Gasteiger partial charge in [-0.3, -0.25) is 4.79 Å². The lowest BCUT2D eigenvalue weighted by Crippen LogP contribution is -2.41. The van der Waals surface area contributed by atoms with Crippen LogP contribution in [0.4, 0.5) is 0 Å². The van der Waals surface area contributed by atoms with E-state index in [2.05, 4.69) is 5.16 Å². The molecule has 0 bridgehead atoms. The van der Waals surface area contributed by atoms with Gasteiger partial charge in [0.15, 0.2) is 5.76 Å². The van der Waals surface area contributed by atoms with E-state index >= 15 is 0 Å². The van der Waals surface area contributed by atoms with E-state index in [1.807, 2.05) is 0 Å². The predicted octanol–water partition coefficient (Wildman–Crippen LogP) is 0.372. The number of hydrogen-bond acceptors (Lipinski definition) is 4. The molecule has 1 aliphatic heterocycles. The second-order valence-corrected chi connectivity index (χ2v) is 3.89. The molecule has 0 aliphatic carbocycles. The van der Waals surface area contributed by atoms with Crippen molar-refractivity contribution in [1.29, 1.82) is 0 Å². The van der Waals surface area contributed by atoms with Gasteiger partial charge in [0.05, 0.1) is 12.7 Å². The van der Waals surface area contributed by atoms with Crippen molar-refractivity contribution in [3.8, 4) is 0 Å². The zero-order valence-corrected chi connectivity index (χ0v) is 8.56. The molecule has 2 N–H and O–H groups in total. The maximum atomic E-state index is 11.6. The highest BCUT2D eigenvalue weighted by atomic mass is 16.5. The van der Waals surface area contributed by atoms with Gasteiger partial charge in [0.2, 0.25) is 5.91 Å².